The molecule has 7 heteroatoms. The summed E-state index contributed by atoms with van der Waals surface area (Å²) >= 11 is 1.70. The van der Waals surface area contributed by atoms with Crippen LogP contribution in [-0.4, -0.2) is 61.6 Å². The van der Waals surface area contributed by atoms with E-state index in [4.69, 9.17) is 19.8 Å². The standard InChI is InChI=1S/C16H24N4O2S/c1-19(6-3-2-4-9-21)16-17-13-5-12-23-14(13)15(18-16)20-7-10-22-11-8-20/h5,12,21H,2-4,6-11H2,1H3. The molecule has 0 saturated carbocycles. The summed E-state index contributed by atoms with van der Waals surface area (Å²) in [4.78, 5) is 14.0. The van der Waals surface area contributed by atoms with Gasteiger partial charge in [-0.1, -0.05) is 0 Å². The number of nitrogens with zero attached hydrogens (tertiary/aromatic N) is 4. The van der Waals surface area contributed by atoms with E-state index in [1.165, 1.54) is 0 Å². The number of morpholine rings is 1. The molecule has 3 rings (SSSR count). The molecule has 1 N–H and O–H groups in total. The Kier molecular flexibility index (Phi) is 5.64. The van der Waals surface area contributed by atoms with E-state index in [1.54, 1.807) is 11.3 Å². The molecule has 0 atom stereocenters. The second kappa shape index (κ2) is 7.90. The number of ether oxygens (including phenoxy) is 1. The fourth-order valence-corrected chi connectivity index (χ4v) is 3.58. The van der Waals surface area contributed by atoms with Crippen molar-refractivity contribution in [1.82, 2.24) is 9.97 Å². The zero-order valence-corrected chi connectivity index (χ0v) is 14.4. The Hall–Kier alpha value is -1.44. The second-order valence-corrected chi connectivity index (χ2v) is 6.70. The molecule has 2 aromatic rings. The lowest BCUT2D eigenvalue weighted by Gasteiger charge is -2.29. The maximum absolute atomic E-state index is 8.87. The van der Waals surface area contributed by atoms with Crippen molar-refractivity contribution >= 4 is 33.3 Å². The normalized spacial score (nSPS) is 15.3. The second-order valence-electron chi connectivity index (χ2n) is 5.79. The third kappa shape index (κ3) is 3.91. The first kappa shape index (κ1) is 16.4. The lowest BCUT2D eigenvalue weighted by atomic mass is 10.2. The third-order valence-corrected chi connectivity index (χ3v) is 4.98. The fourth-order valence-electron chi connectivity index (χ4n) is 2.73. The number of fused-ring (bicyclic) bond motifs is 1. The molecular weight excluding hydrogens is 312 g/mol. The molecule has 0 bridgehead atoms. The number of unbranched alkanes of at least 4 members (excludes halogenated alkanes) is 2. The molecule has 1 aliphatic heterocycles. The Morgan fingerprint density at radius 3 is 2.87 bits per heavy atom. The predicted molar refractivity (Wildman–Crippen MR) is 94.7 cm³/mol. The minimum absolute atomic E-state index is 0.266. The summed E-state index contributed by atoms with van der Waals surface area (Å²) in [5, 5.41) is 10.9. The van der Waals surface area contributed by atoms with Crippen LogP contribution in [0.15, 0.2) is 11.4 Å². The average molecular weight is 336 g/mol. The minimum atomic E-state index is 0.266. The highest BCUT2D eigenvalue weighted by molar-refractivity contribution is 7.17. The van der Waals surface area contributed by atoms with Gasteiger partial charge >= 0.3 is 0 Å². The lowest BCUT2D eigenvalue weighted by Crippen LogP contribution is -2.37. The number of aromatic nitrogens is 2. The van der Waals surface area contributed by atoms with Gasteiger partial charge in [-0.3, -0.25) is 0 Å². The van der Waals surface area contributed by atoms with Crippen LogP contribution >= 0.6 is 11.3 Å². The number of aliphatic hydroxyl groups excluding tert-OH is 1. The first-order valence-corrected chi connectivity index (χ1v) is 9.07. The summed E-state index contributed by atoms with van der Waals surface area (Å²) < 4.78 is 6.61. The van der Waals surface area contributed by atoms with Crippen molar-refractivity contribution in [2.24, 2.45) is 0 Å². The van der Waals surface area contributed by atoms with Crippen LogP contribution in [0.4, 0.5) is 11.8 Å². The molecule has 0 amide bonds. The molecule has 0 radical (unpaired) electrons. The van der Waals surface area contributed by atoms with Crippen LogP contribution in [-0.2, 0) is 4.74 Å². The van der Waals surface area contributed by atoms with Gasteiger partial charge in [0.1, 0.15) is 0 Å². The van der Waals surface area contributed by atoms with Gasteiger partial charge in [-0.05, 0) is 30.7 Å². The smallest absolute Gasteiger partial charge is 0.227 e. The van der Waals surface area contributed by atoms with Gasteiger partial charge in [-0.2, -0.15) is 4.98 Å². The van der Waals surface area contributed by atoms with Crippen molar-refractivity contribution < 1.29 is 9.84 Å². The summed E-state index contributed by atoms with van der Waals surface area (Å²) in [6.07, 6.45) is 2.92. The van der Waals surface area contributed by atoms with Gasteiger partial charge in [0.2, 0.25) is 5.95 Å². The van der Waals surface area contributed by atoms with E-state index < -0.39 is 0 Å². The highest BCUT2D eigenvalue weighted by Crippen LogP contribution is 2.31. The number of hydrogen-bond acceptors (Lipinski definition) is 7. The van der Waals surface area contributed by atoms with Crippen LogP contribution < -0.4 is 9.80 Å². The Labute approximate surface area is 140 Å². The van der Waals surface area contributed by atoms with Crippen molar-refractivity contribution in [2.45, 2.75) is 19.3 Å². The number of aliphatic hydroxyl groups is 1. The summed E-state index contributed by atoms with van der Waals surface area (Å²) in [7, 11) is 2.04. The molecule has 0 aliphatic carbocycles. The molecule has 0 spiro atoms. The topological polar surface area (TPSA) is 61.7 Å². The maximum atomic E-state index is 8.87. The molecule has 1 saturated heterocycles. The summed E-state index contributed by atoms with van der Waals surface area (Å²) in [5.74, 6) is 1.81. The van der Waals surface area contributed by atoms with Crippen LogP contribution in [0.25, 0.3) is 10.2 Å². The maximum Gasteiger partial charge on any atom is 0.227 e. The van der Waals surface area contributed by atoms with Crippen molar-refractivity contribution in [3.05, 3.63) is 11.4 Å². The van der Waals surface area contributed by atoms with Gasteiger partial charge < -0.3 is 19.6 Å². The minimum Gasteiger partial charge on any atom is -0.396 e. The molecule has 0 unspecified atom stereocenters. The van der Waals surface area contributed by atoms with Crippen LogP contribution in [0.2, 0.25) is 0 Å². The van der Waals surface area contributed by atoms with Gasteiger partial charge in [0, 0.05) is 33.3 Å². The highest BCUT2D eigenvalue weighted by Gasteiger charge is 2.19. The van der Waals surface area contributed by atoms with E-state index in [9.17, 15) is 0 Å². The zero-order chi connectivity index (χ0) is 16.1. The van der Waals surface area contributed by atoms with E-state index in [0.29, 0.717) is 0 Å². The Morgan fingerprint density at radius 2 is 2.09 bits per heavy atom. The number of anilines is 2. The van der Waals surface area contributed by atoms with Gasteiger partial charge in [0.05, 0.1) is 23.4 Å². The molecule has 23 heavy (non-hydrogen) atoms. The average Bonchev–Trinajstić information content (AvgIpc) is 3.07. The SMILES string of the molecule is CN(CCCCCO)c1nc(N2CCOCC2)c2sccc2n1. The molecule has 0 aromatic carbocycles. The molecule has 3 heterocycles. The molecule has 1 aliphatic rings. The van der Waals surface area contributed by atoms with Gasteiger partial charge in [0.25, 0.3) is 0 Å². The van der Waals surface area contributed by atoms with Gasteiger partial charge in [0.15, 0.2) is 5.82 Å². The van der Waals surface area contributed by atoms with E-state index in [1.807, 2.05) is 7.05 Å². The number of hydrogen-bond donors (Lipinski definition) is 1. The van der Waals surface area contributed by atoms with E-state index in [2.05, 4.69) is 21.2 Å². The zero-order valence-electron chi connectivity index (χ0n) is 13.6. The fraction of sp³-hybridized carbons (Fsp3) is 0.625. The number of rotatable bonds is 7. The van der Waals surface area contributed by atoms with Crippen molar-refractivity contribution in [3.63, 3.8) is 0 Å². The first-order valence-electron chi connectivity index (χ1n) is 8.19. The summed E-state index contributed by atoms with van der Waals surface area (Å²) in [6.45, 7) is 4.43. The monoisotopic (exact) mass is 336 g/mol. The largest absolute Gasteiger partial charge is 0.396 e. The van der Waals surface area contributed by atoms with Crippen LogP contribution in [0.3, 0.4) is 0 Å². The quantitative estimate of drug-likeness (QED) is 0.782. The molecule has 6 nitrogen and oxygen atoms in total. The van der Waals surface area contributed by atoms with Gasteiger partial charge in [-0.15, -0.1) is 11.3 Å². The Balaban J connectivity index is 1.80. The van der Waals surface area contributed by atoms with E-state index in [-0.39, 0.29) is 6.61 Å². The van der Waals surface area contributed by atoms with Gasteiger partial charge in [-0.25, -0.2) is 4.98 Å². The van der Waals surface area contributed by atoms with E-state index >= 15 is 0 Å². The van der Waals surface area contributed by atoms with Crippen LogP contribution in [0.1, 0.15) is 19.3 Å². The van der Waals surface area contributed by atoms with Crippen LogP contribution in [0, 0.1) is 0 Å². The van der Waals surface area contributed by atoms with E-state index in [0.717, 1.165) is 74.1 Å². The molecule has 2 aromatic heterocycles. The number of thiophene rings is 1. The Bertz CT molecular complexity index is 628. The predicted octanol–water partition coefficient (Wildman–Crippen LogP) is 2.13. The Morgan fingerprint density at radius 1 is 1.26 bits per heavy atom. The first-order chi connectivity index (χ1) is 11.3. The molecular formula is C16H24N4O2S. The van der Waals surface area contributed by atoms with Crippen molar-refractivity contribution in [3.8, 4) is 0 Å². The summed E-state index contributed by atoms with van der Waals surface area (Å²) in [6, 6.07) is 2.06. The molecule has 126 valence electrons. The van der Waals surface area contributed by atoms with Crippen LogP contribution in [0.5, 0.6) is 0 Å². The van der Waals surface area contributed by atoms with Crippen molar-refractivity contribution in [1.29, 1.82) is 0 Å². The third-order valence-electron chi connectivity index (χ3n) is 4.08. The van der Waals surface area contributed by atoms with Crippen molar-refractivity contribution in [2.75, 3.05) is 56.3 Å². The highest BCUT2D eigenvalue weighted by atomic mass is 32.1. The molecule has 1 fully saturated rings. The summed E-state index contributed by atoms with van der Waals surface area (Å²) in [5.41, 5.74) is 1.02. The lowest BCUT2D eigenvalue weighted by molar-refractivity contribution is 0.122.